The predicted molar refractivity (Wildman–Crippen MR) is 103 cm³/mol. The largest absolute Gasteiger partial charge is 0.453 e. The van der Waals surface area contributed by atoms with Crippen LogP contribution >= 0.6 is 11.8 Å². The number of ether oxygens (including phenoxy) is 1. The molecule has 2 heterocycles. The summed E-state index contributed by atoms with van der Waals surface area (Å²) in [4.78, 5) is 19.5. The molecular formula is C20H15F4N3O2S. The molecule has 156 valence electrons. The first-order valence-corrected chi connectivity index (χ1v) is 9.59. The number of benzene rings is 1. The fraction of sp³-hybridized carbons (Fsp3) is 0.150. The fourth-order valence-corrected chi connectivity index (χ4v) is 2.97. The summed E-state index contributed by atoms with van der Waals surface area (Å²) in [7, 11) is 0. The lowest BCUT2D eigenvalue weighted by Crippen LogP contribution is -2.24. The fourth-order valence-electron chi connectivity index (χ4n) is 2.30. The summed E-state index contributed by atoms with van der Waals surface area (Å²) in [6.07, 6.45) is -0.711. The van der Waals surface area contributed by atoms with Crippen molar-refractivity contribution in [3.8, 4) is 11.5 Å². The maximum absolute atomic E-state index is 14.2. The van der Waals surface area contributed by atoms with Gasteiger partial charge in [0.15, 0.2) is 11.6 Å². The second-order valence-electron chi connectivity index (χ2n) is 6.00. The van der Waals surface area contributed by atoms with E-state index in [9.17, 15) is 22.4 Å². The van der Waals surface area contributed by atoms with E-state index in [1.807, 2.05) is 0 Å². The zero-order valence-corrected chi connectivity index (χ0v) is 16.1. The van der Waals surface area contributed by atoms with Crippen molar-refractivity contribution >= 4 is 17.7 Å². The quantitative estimate of drug-likeness (QED) is 0.424. The van der Waals surface area contributed by atoms with Crippen molar-refractivity contribution in [2.45, 2.75) is 17.7 Å². The van der Waals surface area contributed by atoms with Crippen molar-refractivity contribution in [3.05, 3.63) is 78.0 Å². The Hall–Kier alpha value is -3.14. The molecule has 0 aliphatic heterocycles. The Balaban J connectivity index is 1.48. The molecule has 1 amide bonds. The van der Waals surface area contributed by atoms with Gasteiger partial charge in [-0.2, -0.15) is 13.2 Å². The predicted octanol–water partition coefficient (Wildman–Crippen LogP) is 4.84. The van der Waals surface area contributed by atoms with Gasteiger partial charge in [0, 0.05) is 18.9 Å². The maximum atomic E-state index is 14.2. The first kappa shape index (κ1) is 21.6. The van der Waals surface area contributed by atoms with Gasteiger partial charge in [-0.25, -0.2) is 9.37 Å². The lowest BCUT2D eigenvalue weighted by molar-refractivity contribution is -0.137. The number of hydrogen-bond donors (Lipinski definition) is 1. The molecule has 0 aliphatic carbocycles. The highest BCUT2D eigenvalue weighted by molar-refractivity contribution is 7.99. The van der Waals surface area contributed by atoms with E-state index in [4.69, 9.17) is 4.74 Å². The van der Waals surface area contributed by atoms with Crippen molar-refractivity contribution in [1.82, 2.24) is 15.3 Å². The molecule has 3 rings (SSSR count). The van der Waals surface area contributed by atoms with Crippen LogP contribution in [-0.4, -0.2) is 21.6 Å². The molecule has 0 aliphatic rings. The molecule has 30 heavy (non-hydrogen) atoms. The molecule has 0 bridgehead atoms. The van der Waals surface area contributed by atoms with Gasteiger partial charge in [0.25, 0.3) is 0 Å². The number of nitrogens with zero attached hydrogens (tertiary/aromatic N) is 2. The number of nitrogens with one attached hydrogen (secondary N) is 1. The van der Waals surface area contributed by atoms with Gasteiger partial charge in [0.05, 0.1) is 22.5 Å². The zero-order valence-electron chi connectivity index (χ0n) is 15.3. The van der Waals surface area contributed by atoms with Crippen LogP contribution in [0.3, 0.4) is 0 Å². The van der Waals surface area contributed by atoms with Crippen molar-refractivity contribution in [3.63, 3.8) is 0 Å². The minimum atomic E-state index is -4.46. The molecule has 0 unspecified atom stereocenters. The van der Waals surface area contributed by atoms with Gasteiger partial charge in [-0.05, 0) is 42.0 Å². The molecule has 5 nitrogen and oxygen atoms in total. The van der Waals surface area contributed by atoms with Gasteiger partial charge in [0.1, 0.15) is 5.75 Å². The molecule has 2 aromatic heterocycles. The minimum Gasteiger partial charge on any atom is -0.453 e. The number of carbonyl (C=O) groups is 1. The number of pyridine rings is 2. The van der Waals surface area contributed by atoms with E-state index in [0.717, 1.165) is 24.0 Å². The Kier molecular flexibility index (Phi) is 6.88. The van der Waals surface area contributed by atoms with Crippen LogP contribution in [0.5, 0.6) is 11.5 Å². The summed E-state index contributed by atoms with van der Waals surface area (Å²) in [5, 5.41) is 2.91. The van der Waals surface area contributed by atoms with E-state index in [1.165, 1.54) is 24.4 Å². The third-order valence-electron chi connectivity index (χ3n) is 3.76. The first-order chi connectivity index (χ1) is 14.3. The highest BCUT2D eigenvalue weighted by Gasteiger charge is 2.30. The van der Waals surface area contributed by atoms with Crippen LogP contribution in [0, 0.1) is 5.82 Å². The molecule has 0 spiro atoms. The highest BCUT2D eigenvalue weighted by Crippen LogP contribution is 2.29. The Morgan fingerprint density at radius 3 is 2.60 bits per heavy atom. The summed E-state index contributed by atoms with van der Waals surface area (Å²) >= 11 is 0.999. The number of carbonyl (C=O) groups excluding carboxylic acids is 1. The number of alkyl halides is 3. The van der Waals surface area contributed by atoms with E-state index in [0.29, 0.717) is 16.3 Å². The molecule has 0 atom stereocenters. The number of amides is 1. The topological polar surface area (TPSA) is 64.1 Å². The lowest BCUT2D eigenvalue weighted by Gasteiger charge is -2.09. The van der Waals surface area contributed by atoms with Crippen LogP contribution in [-0.2, 0) is 17.5 Å². The smallest absolute Gasteiger partial charge is 0.417 e. The van der Waals surface area contributed by atoms with Crippen molar-refractivity contribution < 1.29 is 27.1 Å². The van der Waals surface area contributed by atoms with Crippen LogP contribution in [0.25, 0.3) is 0 Å². The Morgan fingerprint density at radius 2 is 1.97 bits per heavy atom. The van der Waals surface area contributed by atoms with Crippen LogP contribution in [0.1, 0.15) is 11.1 Å². The van der Waals surface area contributed by atoms with E-state index >= 15 is 0 Å². The average molecular weight is 437 g/mol. The molecule has 0 radical (unpaired) electrons. The van der Waals surface area contributed by atoms with Crippen LogP contribution < -0.4 is 10.1 Å². The van der Waals surface area contributed by atoms with Gasteiger partial charge >= 0.3 is 6.18 Å². The van der Waals surface area contributed by atoms with Crippen LogP contribution in [0.2, 0.25) is 0 Å². The van der Waals surface area contributed by atoms with Gasteiger partial charge in [-0.15, -0.1) is 0 Å². The van der Waals surface area contributed by atoms with E-state index < -0.39 is 17.6 Å². The maximum Gasteiger partial charge on any atom is 0.417 e. The second-order valence-corrected chi connectivity index (χ2v) is 7.00. The van der Waals surface area contributed by atoms with Crippen LogP contribution in [0.15, 0.2) is 66.1 Å². The molecule has 0 saturated carbocycles. The molecular weight excluding hydrogens is 422 g/mol. The monoisotopic (exact) mass is 437 g/mol. The normalized spacial score (nSPS) is 11.2. The van der Waals surface area contributed by atoms with E-state index in [2.05, 4.69) is 15.3 Å². The minimum absolute atomic E-state index is 0.0296. The number of thioether (sulfide) groups is 1. The summed E-state index contributed by atoms with van der Waals surface area (Å²) in [6.45, 7) is 0.0872. The summed E-state index contributed by atoms with van der Waals surface area (Å²) < 4.78 is 57.1. The second kappa shape index (κ2) is 9.57. The molecule has 10 heteroatoms. The van der Waals surface area contributed by atoms with Gasteiger partial charge in [-0.1, -0.05) is 17.8 Å². The molecule has 1 N–H and O–H groups in total. The number of rotatable bonds is 7. The van der Waals surface area contributed by atoms with E-state index in [-0.39, 0.29) is 24.0 Å². The highest BCUT2D eigenvalue weighted by atomic mass is 32.2. The number of halogens is 4. The van der Waals surface area contributed by atoms with Gasteiger partial charge in [-0.3, -0.25) is 9.78 Å². The molecule has 3 aromatic rings. The summed E-state index contributed by atoms with van der Waals surface area (Å²) in [5.41, 5.74) is -0.327. The zero-order chi connectivity index (χ0) is 21.6. The van der Waals surface area contributed by atoms with Crippen molar-refractivity contribution in [1.29, 1.82) is 0 Å². The average Bonchev–Trinajstić information content (AvgIpc) is 2.73. The summed E-state index contributed by atoms with van der Waals surface area (Å²) in [5.74, 6) is -0.566. The van der Waals surface area contributed by atoms with Crippen LogP contribution in [0.4, 0.5) is 17.6 Å². The summed E-state index contributed by atoms with van der Waals surface area (Å²) in [6, 6.07) is 9.72. The Morgan fingerprint density at radius 1 is 1.13 bits per heavy atom. The Bertz CT molecular complexity index is 999. The Labute approximate surface area is 173 Å². The third kappa shape index (κ3) is 6.18. The van der Waals surface area contributed by atoms with Gasteiger partial charge in [0.2, 0.25) is 5.91 Å². The molecule has 0 fully saturated rings. The SMILES string of the molecule is O=C(CSc1ccc(C(F)(F)F)cn1)NCc1ccc(Oc2cccnc2)c(F)c1. The number of aromatic nitrogens is 2. The van der Waals surface area contributed by atoms with Crippen molar-refractivity contribution in [2.75, 3.05) is 5.75 Å². The molecule has 0 saturated heterocycles. The van der Waals surface area contributed by atoms with Gasteiger partial charge < -0.3 is 10.1 Å². The van der Waals surface area contributed by atoms with E-state index in [1.54, 1.807) is 24.4 Å². The number of hydrogen-bond acceptors (Lipinski definition) is 5. The van der Waals surface area contributed by atoms with Crippen molar-refractivity contribution in [2.24, 2.45) is 0 Å². The molecule has 1 aromatic carbocycles. The third-order valence-corrected chi connectivity index (χ3v) is 4.71. The lowest BCUT2D eigenvalue weighted by atomic mass is 10.2. The standard InChI is InChI=1S/C20H15F4N3O2S/c21-16-8-13(3-5-17(16)29-15-2-1-7-25-11-15)9-26-18(28)12-30-19-6-4-14(10-27-19)20(22,23)24/h1-8,10-11H,9,12H2,(H,26,28). The first-order valence-electron chi connectivity index (χ1n) is 8.60.